The van der Waals surface area contributed by atoms with Gasteiger partial charge in [0.25, 0.3) is 0 Å². The van der Waals surface area contributed by atoms with E-state index in [0.29, 0.717) is 18.3 Å². The summed E-state index contributed by atoms with van der Waals surface area (Å²) in [5.74, 6) is 3.03. The van der Waals surface area contributed by atoms with Gasteiger partial charge in [0.15, 0.2) is 0 Å². The van der Waals surface area contributed by atoms with Crippen molar-refractivity contribution in [3.8, 4) is 5.75 Å². The molecule has 0 aliphatic heterocycles. The lowest BCUT2D eigenvalue weighted by Gasteiger charge is -2.25. The van der Waals surface area contributed by atoms with Crippen LogP contribution in [0.15, 0.2) is 36.7 Å². The SMILES string of the molecule is O=C(CCCc1ccccc1OC1CCCCC1)CCCC1CCCC(Cc2ncnc3c2C=CCC3)CCC1. The topological polar surface area (TPSA) is 52.1 Å². The first-order chi connectivity index (χ1) is 19.7. The smallest absolute Gasteiger partial charge is 0.132 e. The third-order valence-corrected chi connectivity index (χ3v) is 9.60. The number of Topliss-reactive ketones (excluding diaryl/α,β-unsaturated/α-hetero) is 1. The first-order valence-electron chi connectivity index (χ1n) is 16.5. The summed E-state index contributed by atoms with van der Waals surface area (Å²) >= 11 is 0. The molecule has 2 aromatic rings. The van der Waals surface area contributed by atoms with Crippen LogP contribution in [0.3, 0.4) is 0 Å². The lowest BCUT2D eigenvalue weighted by molar-refractivity contribution is -0.119. The molecule has 40 heavy (non-hydrogen) atoms. The fourth-order valence-corrected chi connectivity index (χ4v) is 7.27. The average Bonchev–Trinajstić information content (AvgIpc) is 2.97. The van der Waals surface area contributed by atoms with Gasteiger partial charge in [-0.3, -0.25) is 4.79 Å². The quantitative estimate of drug-likeness (QED) is 0.268. The highest BCUT2D eigenvalue weighted by Crippen LogP contribution is 2.32. The maximum absolute atomic E-state index is 12.7. The number of aromatic nitrogens is 2. The zero-order valence-corrected chi connectivity index (χ0v) is 24.6. The molecule has 0 bridgehead atoms. The molecule has 1 heterocycles. The fourth-order valence-electron chi connectivity index (χ4n) is 7.27. The van der Waals surface area contributed by atoms with E-state index in [1.165, 1.54) is 99.6 Å². The monoisotopic (exact) mass is 542 g/mol. The number of benzene rings is 1. The van der Waals surface area contributed by atoms with Crippen LogP contribution < -0.4 is 4.74 Å². The van der Waals surface area contributed by atoms with E-state index >= 15 is 0 Å². The molecule has 0 saturated heterocycles. The second kappa shape index (κ2) is 15.5. The molecule has 4 nitrogen and oxygen atoms in total. The first kappa shape index (κ1) is 29.0. The van der Waals surface area contributed by atoms with Gasteiger partial charge in [-0.1, -0.05) is 81.7 Å². The van der Waals surface area contributed by atoms with Crippen molar-refractivity contribution in [2.24, 2.45) is 11.8 Å². The van der Waals surface area contributed by atoms with Crippen molar-refractivity contribution in [1.29, 1.82) is 0 Å². The third kappa shape index (κ3) is 8.75. The molecule has 0 N–H and O–H groups in total. The molecule has 1 aromatic heterocycles. The highest BCUT2D eigenvalue weighted by Gasteiger charge is 2.21. The number of aryl methyl sites for hydroxylation is 2. The molecule has 4 heteroatoms. The van der Waals surface area contributed by atoms with E-state index in [1.54, 1.807) is 6.33 Å². The van der Waals surface area contributed by atoms with E-state index in [1.807, 2.05) is 0 Å². The maximum atomic E-state index is 12.7. The summed E-state index contributed by atoms with van der Waals surface area (Å²) in [6.07, 6.45) is 29.7. The van der Waals surface area contributed by atoms with Crippen molar-refractivity contribution < 1.29 is 9.53 Å². The Hall–Kier alpha value is -2.49. The molecule has 0 atom stereocenters. The molecule has 0 unspecified atom stereocenters. The number of ether oxygens (including phenoxy) is 1. The normalized spacial score (nSPS) is 21.8. The van der Waals surface area contributed by atoms with Crippen molar-refractivity contribution >= 4 is 11.9 Å². The van der Waals surface area contributed by atoms with Gasteiger partial charge in [0.2, 0.25) is 0 Å². The summed E-state index contributed by atoms with van der Waals surface area (Å²) < 4.78 is 6.36. The molecule has 2 saturated carbocycles. The second-order valence-corrected chi connectivity index (χ2v) is 12.7. The fraction of sp³-hybridized carbons (Fsp3) is 0.639. The van der Waals surface area contributed by atoms with Crippen LogP contribution >= 0.6 is 0 Å². The van der Waals surface area contributed by atoms with Crippen LogP contribution in [0.25, 0.3) is 6.08 Å². The number of ketones is 1. The summed E-state index contributed by atoms with van der Waals surface area (Å²) in [5, 5.41) is 0. The van der Waals surface area contributed by atoms with E-state index in [2.05, 4.69) is 46.4 Å². The Labute approximate surface area is 242 Å². The maximum Gasteiger partial charge on any atom is 0.132 e. The zero-order chi connectivity index (χ0) is 27.4. The third-order valence-electron chi connectivity index (χ3n) is 9.60. The molecule has 2 fully saturated rings. The molecular formula is C36H50N2O2. The zero-order valence-electron chi connectivity index (χ0n) is 24.6. The molecule has 0 radical (unpaired) electrons. The summed E-state index contributed by atoms with van der Waals surface area (Å²) in [5.41, 5.74) is 5.07. The van der Waals surface area contributed by atoms with Crippen molar-refractivity contribution in [2.75, 3.05) is 0 Å². The Morgan fingerprint density at radius 2 is 1.62 bits per heavy atom. The molecule has 0 amide bonds. The Morgan fingerprint density at radius 3 is 2.48 bits per heavy atom. The van der Waals surface area contributed by atoms with E-state index in [-0.39, 0.29) is 0 Å². The predicted molar refractivity (Wildman–Crippen MR) is 164 cm³/mol. The van der Waals surface area contributed by atoms with Gasteiger partial charge in [0.1, 0.15) is 17.9 Å². The first-order valence-corrected chi connectivity index (χ1v) is 16.5. The summed E-state index contributed by atoms with van der Waals surface area (Å²) in [4.78, 5) is 21.9. The molecule has 3 aliphatic rings. The summed E-state index contributed by atoms with van der Waals surface area (Å²) in [6.45, 7) is 0. The number of nitrogens with zero attached hydrogens (tertiary/aromatic N) is 2. The number of rotatable bonds is 12. The molecule has 3 aliphatic carbocycles. The number of fused-ring (bicyclic) bond motifs is 1. The van der Waals surface area contributed by atoms with Crippen LogP contribution in [0.4, 0.5) is 0 Å². The van der Waals surface area contributed by atoms with Crippen LogP contribution in [0.5, 0.6) is 5.75 Å². The minimum Gasteiger partial charge on any atom is -0.490 e. The van der Waals surface area contributed by atoms with Gasteiger partial charge in [0, 0.05) is 18.4 Å². The predicted octanol–water partition coefficient (Wildman–Crippen LogP) is 9.04. The Kier molecular flexibility index (Phi) is 11.2. The highest BCUT2D eigenvalue weighted by atomic mass is 16.5. The number of carbonyl (C=O) groups excluding carboxylic acids is 1. The van der Waals surface area contributed by atoms with Crippen LogP contribution in [0, 0.1) is 11.8 Å². The van der Waals surface area contributed by atoms with Gasteiger partial charge >= 0.3 is 0 Å². The average molecular weight is 543 g/mol. The minimum atomic E-state index is 0.372. The van der Waals surface area contributed by atoms with Crippen molar-refractivity contribution in [3.63, 3.8) is 0 Å². The summed E-state index contributed by atoms with van der Waals surface area (Å²) in [6, 6.07) is 8.47. The Balaban J connectivity index is 0.971. The number of para-hydroxylation sites is 1. The largest absolute Gasteiger partial charge is 0.490 e. The van der Waals surface area contributed by atoms with Crippen LogP contribution in [-0.2, 0) is 24.1 Å². The van der Waals surface area contributed by atoms with Crippen molar-refractivity contribution in [2.45, 2.75) is 135 Å². The second-order valence-electron chi connectivity index (χ2n) is 12.7. The van der Waals surface area contributed by atoms with Gasteiger partial charge in [-0.05, 0) is 87.7 Å². The lowest BCUT2D eigenvalue weighted by Crippen LogP contribution is -2.20. The summed E-state index contributed by atoms with van der Waals surface area (Å²) in [7, 11) is 0. The Bertz CT molecular complexity index is 1090. The van der Waals surface area contributed by atoms with Crippen molar-refractivity contribution in [1.82, 2.24) is 9.97 Å². The number of carbonyl (C=O) groups is 1. The van der Waals surface area contributed by atoms with Crippen molar-refractivity contribution in [3.05, 3.63) is 59.2 Å². The van der Waals surface area contributed by atoms with E-state index in [9.17, 15) is 4.79 Å². The van der Waals surface area contributed by atoms with Gasteiger partial charge in [-0.2, -0.15) is 0 Å². The molecule has 216 valence electrons. The van der Waals surface area contributed by atoms with E-state index < -0.39 is 0 Å². The lowest BCUT2D eigenvalue weighted by atomic mass is 9.81. The number of hydrogen-bond donors (Lipinski definition) is 0. The van der Waals surface area contributed by atoms with Gasteiger partial charge in [-0.25, -0.2) is 9.97 Å². The van der Waals surface area contributed by atoms with E-state index in [0.717, 1.165) is 62.5 Å². The standard InChI is InChI=1S/C36H50N2O2/c39-31(20-11-18-30-17-4-7-25-36(30)40-32-21-2-1-3-22-32)19-10-14-28-12-8-15-29(16-9-13-28)26-35-33-23-5-6-24-34(33)37-27-38-35/h4-5,7,17,23,25,27-29,32H,1-3,6,8-16,18-22,24,26H2. The Morgan fingerprint density at radius 1 is 0.850 bits per heavy atom. The molecule has 0 spiro atoms. The van der Waals surface area contributed by atoms with Crippen LogP contribution in [0.1, 0.15) is 132 Å². The molecule has 5 rings (SSSR count). The molecule has 1 aromatic carbocycles. The van der Waals surface area contributed by atoms with E-state index in [4.69, 9.17) is 4.74 Å². The molecular weight excluding hydrogens is 492 g/mol. The van der Waals surface area contributed by atoms with Crippen LogP contribution in [-0.4, -0.2) is 21.9 Å². The van der Waals surface area contributed by atoms with Gasteiger partial charge in [-0.15, -0.1) is 0 Å². The number of allylic oxidation sites excluding steroid dienone is 1. The van der Waals surface area contributed by atoms with Gasteiger partial charge in [0.05, 0.1) is 17.5 Å². The highest BCUT2D eigenvalue weighted by molar-refractivity contribution is 5.78. The van der Waals surface area contributed by atoms with Crippen LogP contribution in [0.2, 0.25) is 0 Å². The minimum absolute atomic E-state index is 0.372. The van der Waals surface area contributed by atoms with Gasteiger partial charge < -0.3 is 4.74 Å². The number of hydrogen-bond acceptors (Lipinski definition) is 4.